The first-order valence-corrected chi connectivity index (χ1v) is 6.55. The van der Waals surface area contributed by atoms with E-state index in [1.807, 2.05) is 12.1 Å². The van der Waals surface area contributed by atoms with E-state index >= 15 is 0 Å². The number of ether oxygens (including phenoxy) is 1. The molecule has 3 rings (SSSR count). The van der Waals surface area contributed by atoms with Gasteiger partial charge >= 0.3 is 0 Å². The van der Waals surface area contributed by atoms with Crippen molar-refractivity contribution >= 4 is 0 Å². The van der Waals surface area contributed by atoms with Crippen LogP contribution in [0.4, 0.5) is 0 Å². The van der Waals surface area contributed by atoms with E-state index in [1.165, 1.54) is 24.8 Å². The lowest BCUT2D eigenvalue weighted by Crippen LogP contribution is -2.24. The Morgan fingerprint density at radius 2 is 2.12 bits per heavy atom. The molecule has 1 aromatic carbocycles. The van der Waals surface area contributed by atoms with Gasteiger partial charge in [-0.1, -0.05) is 12.5 Å². The average Bonchev–Trinajstić information content (AvgIpc) is 2.47. The molecule has 17 heavy (non-hydrogen) atoms. The summed E-state index contributed by atoms with van der Waals surface area (Å²) in [4.78, 5) is 0. The third kappa shape index (κ3) is 1.95. The lowest BCUT2D eigenvalue weighted by atomic mass is 9.78. The first-order chi connectivity index (χ1) is 8.05. The highest BCUT2D eigenvalue weighted by atomic mass is 16.5. The Morgan fingerprint density at radius 1 is 1.35 bits per heavy atom. The number of aliphatic hydroxyl groups is 1. The molecule has 1 heterocycles. The number of hydrogen-bond donors (Lipinski definition) is 1. The van der Waals surface area contributed by atoms with Crippen molar-refractivity contribution in [1.29, 1.82) is 0 Å². The van der Waals surface area contributed by atoms with Crippen molar-refractivity contribution in [2.45, 2.75) is 51.2 Å². The Balaban J connectivity index is 1.85. The molecule has 92 valence electrons. The molecule has 2 heteroatoms. The maximum Gasteiger partial charge on any atom is 0.123 e. The molecule has 1 N–H and O–H groups in total. The maximum atomic E-state index is 10.3. The lowest BCUT2D eigenvalue weighted by molar-refractivity contribution is 0.0620. The van der Waals surface area contributed by atoms with Gasteiger partial charge in [0.05, 0.1) is 6.10 Å². The van der Waals surface area contributed by atoms with E-state index in [-0.39, 0.29) is 11.7 Å². The number of benzene rings is 1. The van der Waals surface area contributed by atoms with Crippen molar-refractivity contribution in [1.82, 2.24) is 0 Å². The average molecular weight is 232 g/mol. The van der Waals surface area contributed by atoms with Crippen molar-refractivity contribution in [2.24, 2.45) is 5.92 Å². The topological polar surface area (TPSA) is 29.5 Å². The second-order valence-electron chi connectivity index (χ2n) is 6.04. The van der Waals surface area contributed by atoms with E-state index in [2.05, 4.69) is 19.9 Å². The van der Waals surface area contributed by atoms with Gasteiger partial charge in [0.25, 0.3) is 0 Å². The van der Waals surface area contributed by atoms with Crippen LogP contribution in [0.5, 0.6) is 5.75 Å². The van der Waals surface area contributed by atoms with E-state index < -0.39 is 0 Å². The Bertz CT molecular complexity index is 433. The fourth-order valence-corrected chi connectivity index (χ4v) is 2.84. The van der Waals surface area contributed by atoms with E-state index in [1.54, 1.807) is 0 Å². The summed E-state index contributed by atoms with van der Waals surface area (Å²) < 4.78 is 5.85. The molecule has 0 amide bonds. The SMILES string of the molecule is CC1(C)Cc2cc(C(O)C3CCC3)ccc2O1. The van der Waals surface area contributed by atoms with Crippen LogP contribution in [-0.4, -0.2) is 10.7 Å². The molecule has 1 atom stereocenters. The summed E-state index contributed by atoms with van der Waals surface area (Å²) in [5, 5.41) is 10.3. The van der Waals surface area contributed by atoms with E-state index in [0.29, 0.717) is 5.92 Å². The van der Waals surface area contributed by atoms with Crippen LogP contribution in [0.1, 0.15) is 50.3 Å². The Hall–Kier alpha value is -1.02. The highest BCUT2D eigenvalue weighted by Crippen LogP contribution is 2.41. The van der Waals surface area contributed by atoms with Crippen molar-refractivity contribution in [3.05, 3.63) is 29.3 Å². The van der Waals surface area contributed by atoms with Crippen molar-refractivity contribution in [2.75, 3.05) is 0 Å². The second kappa shape index (κ2) is 3.74. The Kier molecular flexibility index (Phi) is 2.44. The van der Waals surface area contributed by atoms with Crippen LogP contribution in [0.3, 0.4) is 0 Å². The van der Waals surface area contributed by atoms with Crippen LogP contribution in [0.25, 0.3) is 0 Å². The zero-order chi connectivity index (χ0) is 12.0. The second-order valence-corrected chi connectivity index (χ2v) is 6.04. The summed E-state index contributed by atoms with van der Waals surface area (Å²) in [6, 6.07) is 6.16. The lowest BCUT2D eigenvalue weighted by Gasteiger charge is -2.30. The largest absolute Gasteiger partial charge is 0.487 e. The highest BCUT2D eigenvalue weighted by molar-refractivity contribution is 5.42. The predicted octanol–water partition coefficient (Wildman–Crippen LogP) is 3.23. The van der Waals surface area contributed by atoms with Gasteiger partial charge in [0, 0.05) is 6.42 Å². The number of hydrogen-bond acceptors (Lipinski definition) is 2. The van der Waals surface area contributed by atoms with E-state index in [0.717, 1.165) is 17.7 Å². The van der Waals surface area contributed by atoms with Gasteiger partial charge in [0.1, 0.15) is 11.4 Å². The number of fused-ring (bicyclic) bond motifs is 1. The maximum absolute atomic E-state index is 10.3. The minimum Gasteiger partial charge on any atom is -0.487 e. The molecule has 1 aliphatic carbocycles. The molecule has 1 aromatic rings. The van der Waals surface area contributed by atoms with E-state index in [9.17, 15) is 5.11 Å². The van der Waals surface area contributed by atoms with Gasteiger partial charge < -0.3 is 9.84 Å². The third-order valence-electron chi connectivity index (χ3n) is 4.02. The smallest absolute Gasteiger partial charge is 0.123 e. The van der Waals surface area contributed by atoms with Gasteiger partial charge in [-0.3, -0.25) is 0 Å². The molecule has 0 bridgehead atoms. The summed E-state index contributed by atoms with van der Waals surface area (Å²) in [6.45, 7) is 4.21. The quantitative estimate of drug-likeness (QED) is 0.848. The fraction of sp³-hybridized carbons (Fsp3) is 0.600. The summed E-state index contributed by atoms with van der Waals surface area (Å²) in [5.74, 6) is 1.46. The summed E-state index contributed by atoms with van der Waals surface area (Å²) >= 11 is 0. The normalized spacial score (nSPS) is 23.7. The summed E-state index contributed by atoms with van der Waals surface area (Å²) in [7, 11) is 0. The van der Waals surface area contributed by atoms with Gasteiger partial charge in [0.2, 0.25) is 0 Å². The Morgan fingerprint density at radius 3 is 2.76 bits per heavy atom. The molecule has 0 spiro atoms. The zero-order valence-electron chi connectivity index (χ0n) is 10.6. The van der Waals surface area contributed by atoms with Crippen LogP contribution in [-0.2, 0) is 6.42 Å². The Labute approximate surface area is 103 Å². The van der Waals surface area contributed by atoms with Crippen LogP contribution < -0.4 is 4.74 Å². The molecule has 2 aliphatic rings. The molecular formula is C15H20O2. The molecule has 1 saturated carbocycles. The minimum atomic E-state index is -0.280. The molecule has 0 saturated heterocycles. The van der Waals surface area contributed by atoms with Crippen molar-refractivity contribution in [3.63, 3.8) is 0 Å². The van der Waals surface area contributed by atoms with Crippen molar-refractivity contribution < 1.29 is 9.84 Å². The fourth-order valence-electron chi connectivity index (χ4n) is 2.84. The summed E-state index contributed by atoms with van der Waals surface area (Å²) in [5.41, 5.74) is 2.21. The van der Waals surface area contributed by atoms with Crippen LogP contribution in [0.15, 0.2) is 18.2 Å². The molecule has 1 fully saturated rings. The molecule has 2 nitrogen and oxygen atoms in total. The van der Waals surface area contributed by atoms with Crippen LogP contribution >= 0.6 is 0 Å². The first kappa shape index (κ1) is 11.1. The highest BCUT2D eigenvalue weighted by Gasteiger charge is 2.32. The predicted molar refractivity (Wildman–Crippen MR) is 67.2 cm³/mol. The molecular weight excluding hydrogens is 212 g/mol. The third-order valence-corrected chi connectivity index (χ3v) is 4.02. The zero-order valence-corrected chi connectivity index (χ0v) is 10.6. The minimum absolute atomic E-state index is 0.0949. The summed E-state index contributed by atoms with van der Waals surface area (Å²) in [6.07, 6.45) is 4.26. The number of rotatable bonds is 2. The molecule has 0 aromatic heterocycles. The van der Waals surface area contributed by atoms with Crippen LogP contribution in [0, 0.1) is 5.92 Å². The standard InChI is InChI=1S/C15H20O2/c1-15(2)9-12-8-11(6-7-13(12)17-15)14(16)10-4-3-5-10/h6-8,10,14,16H,3-5,9H2,1-2H3. The van der Waals surface area contributed by atoms with Gasteiger partial charge in [0.15, 0.2) is 0 Å². The van der Waals surface area contributed by atoms with Gasteiger partial charge in [-0.25, -0.2) is 0 Å². The molecule has 1 unspecified atom stereocenters. The van der Waals surface area contributed by atoms with Crippen molar-refractivity contribution in [3.8, 4) is 5.75 Å². The van der Waals surface area contributed by atoms with E-state index in [4.69, 9.17) is 4.74 Å². The van der Waals surface area contributed by atoms with Gasteiger partial charge in [-0.15, -0.1) is 0 Å². The molecule has 0 radical (unpaired) electrons. The monoisotopic (exact) mass is 232 g/mol. The first-order valence-electron chi connectivity index (χ1n) is 6.55. The van der Waals surface area contributed by atoms with Crippen LogP contribution in [0.2, 0.25) is 0 Å². The van der Waals surface area contributed by atoms with Gasteiger partial charge in [-0.2, -0.15) is 0 Å². The van der Waals surface area contributed by atoms with Gasteiger partial charge in [-0.05, 0) is 55.9 Å². The molecule has 1 aliphatic heterocycles. The number of aliphatic hydroxyl groups excluding tert-OH is 1.